The molecule has 0 amide bonds. The van der Waals surface area contributed by atoms with Crippen LogP contribution >= 0.6 is 0 Å². The van der Waals surface area contributed by atoms with Crippen molar-refractivity contribution in [2.75, 3.05) is 0 Å². The highest BCUT2D eigenvalue weighted by atomic mass is 16.3. The van der Waals surface area contributed by atoms with E-state index in [9.17, 15) is 5.11 Å². The first kappa shape index (κ1) is 10.1. The van der Waals surface area contributed by atoms with Crippen molar-refractivity contribution < 1.29 is 10.2 Å². The summed E-state index contributed by atoms with van der Waals surface area (Å²) in [4.78, 5) is 4.03. The summed E-state index contributed by atoms with van der Waals surface area (Å²) in [7, 11) is 0. The molecule has 4 nitrogen and oxygen atoms in total. The molecule has 0 spiro atoms. The van der Waals surface area contributed by atoms with Crippen LogP contribution in [0.2, 0.25) is 0 Å². The molecule has 0 aliphatic heterocycles. The summed E-state index contributed by atoms with van der Waals surface area (Å²) in [6.45, 7) is 1.59. The van der Waals surface area contributed by atoms with Crippen LogP contribution in [0.4, 0.5) is 0 Å². The van der Waals surface area contributed by atoms with Crippen LogP contribution in [0.25, 0.3) is 0 Å². The molecule has 72 valence electrons. The van der Waals surface area contributed by atoms with Gasteiger partial charge >= 0.3 is 0 Å². The number of hydrogen-bond donors (Lipinski definition) is 3. The SMILES string of the molecule is C[C@H](O)[C@@H](N)c1ccc(CO)cn1. The predicted molar refractivity (Wildman–Crippen MR) is 48.8 cm³/mol. The Bertz CT molecular complexity index is 259. The normalized spacial score (nSPS) is 15.4. The van der Waals surface area contributed by atoms with E-state index < -0.39 is 12.1 Å². The predicted octanol–water partition coefficient (Wildman–Crippen LogP) is -0.0455. The average molecular weight is 182 g/mol. The molecule has 4 heteroatoms. The molecule has 0 bridgehead atoms. The molecule has 0 fully saturated rings. The second-order valence-electron chi connectivity index (χ2n) is 3.02. The highest BCUT2D eigenvalue weighted by molar-refractivity contribution is 5.16. The smallest absolute Gasteiger partial charge is 0.0730 e. The largest absolute Gasteiger partial charge is 0.392 e. The van der Waals surface area contributed by atoms with Crippen molar-refractivity contribution in [3.63, 3.8) is 0 Å². The summed E-state index contributed by atoms with van der Waals surface area (Å²) in [5.74, 6) is 0. The second kappa shape index (κ2) is 4.32. The summed E-state index contributed by atoms with van der Waals surface area (Å²) in [5.41, 5.74) is 7.02. The van der Waals surface area contributed by atoms with Crippen molar-refractivity contribution in [3.8, 4) is 0 Å². The third-order valence-corrected chi connectivity index (χ3v) is 1.89. The Morgan fingerprint density at radius 2 is 2.23 bits per heavy atom. The van der Waals surface area contributed by atoms with E-state index in [1.807, 2.05) is 0 Å². The molecule has 1 aromatic heterocycles. The van der Waals surface area contributed by atoms with Gasteiger partial charge in [-0.05, 0) is 18.6 Å². The van der Waals surface area contributed by atoms with Gasteiger partial charge in [-0.2, -0.15) is 0 Å². The van der Waals surface area contributed by atoms with Crippen LogP contribution in [0.5, 0.6) is 0 Å². The van der Waals surface area contributed by atoms with Gasteiger partial charge in [-0.1, -0.05) is 6.07 Å². The monoisotopic (exact) mass is 182 g/mol. The van der Waals surface area contributed by atoms with Crippen molar-refractivity contribution in [1.29, 1.82) is 0 Å². The first-order chi connectivity index (χ1) is 6.15. The van der Waals surface area contributed by atoms with Gasteiger partial charge in [0.1, 0.15) is 0 Å². The summed E-state index contributed by atoms with van der Waals surface area (Å²) < 4.78 is 0. The van der Waals surface area contributed by atoms with E-state index in [0.29, 0.717) is 5.69 Å². The molecule has 13 heavy (non-hydrogen) atoms. The Balaban J connectivity index is 2.79. The minimum atomic E-state index is -0.618. The van der Waals surface area contributed by atoms with Crippen molar-refractivity contribution in [3.05, 3.63) is 29.6 Å². The summed E-state index contributed by atoms with van der Waals surface area (Å²) in [6.07, 6.45) is 0.935. The quantitative estimate of drug-likeness (QED) is 0.612. The highest BCUT2D eigenvalue weighted by Crippen LogP contribution is 2.11. The number of rotatable bonds is 3. The molecule has 4 N–H and O–H groups in total. The van der Waals surface area contributed by atoms with E-state index in [-0.39, 0.29) is 6.61 Å². The van der Waals surface area contributed by atoms with Gasteiger partial charge in [0.2, 0.25) is 0 Å². The Labute approximate surface area is 77.0 Å². The lowest BCUT2D eigenvalue weighted by molar-refractivity contribution is 0.162. The molecular weight excluding hydrogens is 168 g/mol. The number of nitrogens with two attached hydrogens (primary N) is 1. The molecule has 1 rings (SSSR count). The maximum absolute atomic E-state index is 9.19. The van der Waals surface area contributed by atoms with Gasteiger partial charge in [0, 0.05) is 6.20 Å². The fourth-order valence-corrected chi connectivity index (χ4v) is 0.974. The maximum atomic E-state index is 9.19. The first-order valence-corrected chi connectivity index (χ1v) is 4.14. The zero-order valence-corrected chi connectivity index (χ0v) is 7.51. The topological polar surface area (TPSA) is 79.4 Å². The zero-order valence-electron chi connectivity index (χ0n) is 7.51. The Morgan fingerprint density at radius 3 is 2.62 bits per heavy atom. The van der Waals surface area contributed by atoms with Crippen LogP contribution < -0.4 is 5.73 Å². The Morgan fingerprint density at radius 1 is 1.54 bits per heavy atom. The zero-order chi connectivity index (χ0) is 9.84. The molecular formula is C9H14N2O2. The van der Waals surface area contributed by atoms with Gasteiger partial charge in [0.15, 0.2) is 0 Å². The average Bonchev–Trinajstić information content (AvgIpc) is 2.17. The number of aromatic nitrogens is 1. The van der Waals surface area contributed by atoms with Gasteiger partial charge < -0.3 is 15.9 Å². The van der Waals surface area contributed by atoms with Crippen molar-refractivity contribution in [2.45, 2.75) is 25.7 Å². The number of nitrogens with zero attached hydrogens (tertiary/aromatic N) is 1. The van der Waals surface area contributed by atoms with E-state index in [4.69, 9.17) is 10.8 Å². The first-order valence-electron chi connectivity index (χ1n) is 4.14. The molecule has 0 aliphatic rings. The third kappa shape index (κ3) is 2.48. The maximum Gasteiger partial charge on any atom is 0.0730 e. The Hall–Kier alpha value is -0.970. The fourth-order valence-electron chi connectivity index (χ4n) is 0.974. The number of hydrogen-bond acceptors (Lipinski definition) is 4. The number of aliphatic hydroxyl groups excluding tert-OH is 2. The molecule has 0 unspecified atom stereocenters. The van der Waals surface area contributed by atoms with Crippen LogP contribution in [0.1, 0.15) is 24.2 Å². The van der Waals surface area contributed by atoms with Crippen molar-refractivity contribution in [1.82, 2.24) is 4.98 Å². The molecule has 0 aromatic carbocycles. The van der Waals surface area contributed by atoms with E-state index in [1.54, 1.807) is 25.3 Å². The van der Waals surface area contributed by atoms with Gasteiger partial charge in [-0.25, -0.2) is 0 Å². The minimum Gasteiger partial charge on any atom is -0.392 e. The molecule has 1 aromatic rings. The second-order valence-corrected chi connectivity index (χ2v) is 3.02. The van der Waals surface area contributed by atoms with Crippen molar-refractivity contribution in [2.24, 2.45) is 5.73 Å². The minimum absolute atomic E-state index is 0.0306. The van der Waals surface area contributed by atoms with Crippen LogP contribution in [0, 0.1) is 0 Å². The lowest BCUT2D eigenvalue weighted by Crippen LogP contribution is -2.24. The molecule has 0 aliphatic carbocycles. The lowest BCUT2D eigenvalue weighted by Gasteiger charge is -2.13. The van der Waals surface area contributed by atoms with Crippen LogP contribution in [-0.2, 0) is 6.61 Å². The molecule has 2 atom stereocenters. The number of pyridine rings is 1. The Kier molecular flexibility index (Phi) is 3.36. The summed E-state index contributed by atoms with van der Waals surface area (Å²) in [5, 5.41) is 17.9. The lowest BCUT2D eigenvalue weighted by atomic mass is 10.1. The number of aliphatic hydroxyl groups is 2. The van der Waals surface area contributed by atoms with Gasteiger partial charge in [0.05, 0.1) is 24.4 Å². The van der Waals surface area contributed by atoms with E-state index in [0.717, 1.165) is 5.56 Å². The summed E-state index contributed by atoms with van der Waals surface area (Å²) >= 11 is 0. The molecule has 0 saturated heterocycles. The van der Waals surface area contributed by atoms with Crippen LogP contribution in [-0.4, -0.2) is 21.3 Å². The molecule has 1 heterocycles. The van der Waals surface area contributed by atoms with Gasteiger partial charge in [0.25, 0.3) is 0 Å². The van der Waals surface area contributed by atoms with Crippen molar-refractivity contribution >= 4 is 0 Å². The third-order valence-electron chi connectivity index (χ3n) is 1.89. The van der Waals surface area contributed by atoms with Gasteiger partial charge in [-0.15, -0.1) is 0 Å². The van der Waals surface area contributed by atoms with E-state index in [1.165, 1.54) is 0 Å². The highest BCUT2D eigenvalue weighted by Gasteiger charge is 2.12. The standard InChI is InChI=1S/C9H14N2O2/c1-6(13)9(10)8-3-2-7(5-12)4-11-8/h2-4,6,9,12-13H,5,10H2,1H3/t6-,9+/m0/s1. The van der Waals surface area contributed by atoms with Crippen LogP contribution in [0.15, 0.2) is 18.3 Å². The van der Waals surface area contributed by atoms with E-state index in [2.05, 4.69) is 4.98 Å². The molecule has 0 radical (unpaired) electrons. The fraction of sp³-hybridized carbons (Fsp3) is 0.444. The summed E-state index contributed by atoms with van der Waals surface area (Å²) in [6, 6.07) is 2.99. The van der Waals surface area contributed by atoms with Crippen LogP contribution in [0.3, 0.4) is 0 Å². The van der Waals surface area contributed by atoms with E-state index >= 15 is 0 Å². The molecule has 0 saturated carbocycles. The van der Waals surface area contributed by atoms with Gasteiger partial charge in [-0.3, -0.25) is 4.98 Å².